The summed E-state index contributed by atoms with van der Waals surface area (Å²) < 4.78 is 2.64. The van der Waals surface area contributed by atoms with E-state index < -0.39 is 5.91 Å². The van der Waals surface area contributed by atoms with Gasteiger partial charge in [-0.15, -0.1) is 0 Å². The Kier molecular flexibility index (Phi) is 4.01. The number of aromatic nitrogens is 2. The summed E-state index contributed by atoms with van der Waals surface area (Å²) in [5, 5.41) is 0.665. The van der Waals surface area contributed by atoms with Gasteiger partial charge in [0, 0.05) is 30.2 Å². The van der Waals surface area contributed by atoms with Crippen LogP contribution in [0.25, 0.3) is 0 Å². The smallest absolute Gasteiger partial charge is 0.284 e. The first-order valence-electron chi connectivity index (χ1n) is 6.91. The molecular formula is C15H16BrClN4O. The van der Waals surface area contributed by atoms with E-state index in [4.69, 9.17) is 17.3 Å². The number of benzene rings is 1. The van der Waals surface area contributed by atoms with E-state index in [-0.39, 0.29) is 11.9 Å². The van der Waals surface area contributed by atoms with Gasteiger partial charge in [-0.05, 0) is 34.6 Å². The predicted molar refractivity (Wildman–Crippen MR) is 89.1 cm³/mol. The number of hydrogen-bond donors (Lipinski definition) is 1. The molecule has 1 atom stereocenters. The van der Waals surface area contributed by atoms with Gasteiger partial charge in [-0.3, -0.25) is 9.69 Å². The molecule has 0 spiro atoms. The normalized spacial score (nSPS) is 18.3. The molecule has 1 amide bonds. The number of fused-ring (bicyclic) bond motifs is 1. The van der Waals surface area contributed by atoms with Gasteiger partial charge < -0.3 is 10.3 Å². The van der Waals surface area contributed by atoms with Crippen LogP contribution in [0.2, 0.25) is 5.02 Å². The number of nitrogens with zero attached hydrogens (tertiary/aromatic N) is 3. The summed E-state index contributed by atoms with van der Waals surface area (Å²) in [4.78, 5) is 18.3. The Morgan fingerprint density at radius 1 is 1.45 bits per heavy atom. The van der Waals surface area contributed by atoms with Crippen molar-refractivity contribution in [3.63, 3.8) is 0 Å². The summed E-state index contributed by atoms with van der Waals surface area (Å²) in [5.41, 5.74) is 8.28. The molecule has 2 N–H and O–H groups in total. The third-order valence-electron chi connectivity index (χ3n) is 4.14. The molecule has 2 heterocycles. The predicted octanol–water partition coefficient (Wildman–Crippen LogP) is 2.51. The van der Waals surface area contributed by atoms with Crippen LogP contribution in [0.3, 0.4) is 0 Å². The minimum atomic E-state index is -0.515. The van der Waals surface area contributed by atoms with Crippen molar-refractivity contribution in [3.8, 4) is 0 Å². The zero-order valence-electron chi connectivity index (χ0n) is 12.3. The van der Waals surface area contributed by atoms with Crippen LogP contribution in [0.1, 0.15) is 33.6 Å². The molecule has 1 aromatic carbocycles. The maximum atomic E-state index is 11.6. The number of hydrogen-bond acceptors (Lipinski definition) is 3. The third kappa shape index (κ3) is 2.35. The van der Waals surface area contributed by atoms with Crippen LogP contribution in [-0.4, -0.2) is 34.0 Å². The number of carbonyl (C=O) groups excluding carboxylic acids is 1. The topological polar surface area (TPSA) is 64.2 Å². The lowest BCUT2D eigenvalue weighted by atomic mass is 9.96. The molecular weight excluding hydrogens is 368 g/mol. The van der Waals surface area contributed by atoms with Gasteiger partial charge in [-0.25, -0.2) is 4.98 Å². The van der Waals surface area contributed by atoms with Crippen LogP contribution in [0.5, 0.6) is 0 Å². The highest BCUT2D eigenvalue weighted by atomic mass is 79.9. The molecule has 7 heteroatoms. The Hall–Kier alpha value is -1.37. The lowest BCUT2D eigenvalue weighted by molar-refractivity contribution is 0.0987. The lowest BCUT2D eigenvalue weighted by Crippen LogP contribution is -2.33. The Bertz CT molecular complexity index is 758. The van der Waals surface area contributed by atoms with Crippen LogP contribution in [0, 0.1) is 0 Å². The van der Waals surface area contributed by atoms with E-state index in [0.29, 0.717) is 5.02 Å². The van der Waals surface area contributed by atoms with E-state index in [2.05, 4.69) is 25.8 Å². The fourth-order valence-electron chi connectivity index (χ4n) is 3.02. The number of amides is 1. The van der Waals surface area contributed by atoms with E-state index >= 15 is 0 Å². The van der Waals surface area contributed by atoms with Gasteiger partial charge in [0.15, 0.2) is 5.82 Å². The molecule has 0 saturated carbocycles. The van der Waals surface area contributed by atoms with Crippen LogP contribution < -0.4 is 5.73 Å². The number of carbonyl (C=O) groups is 1. The van der Waals surface area contributed by atoms with Crippen molar-refractivity contribution in [1.82, 2.24) is 14.5 Å². The van der Waals surface area contributed by atoms with Crippen LogP contribution in [0.15, 0.2) is 22.7 Å². The number of primary amides is 1. The van der Waals surface area contributed by atoms with Gasteiger partial charge in [0.25, 0.3) is 5.91 Å². The molecule has 1 aliphatic heterocycles. The number of nitrogens with two attached hydrogens (primary N) is 1. The SMILES string of the molecule is CN1CCc2c(nc(C(N)=O)n2C)C1c1cccc(Br)c1Cl. The summed E-state index contributed by atoms with van der Waals surface area (Å²) in [5.74, 6) is -0.227. The first-order chi connectivity index (χ1) is 10.4. The summed E-state index contributed by atoms with van der Waals surface area (Å²) in [6.45, 7) is 0.859. The quantitative estimate of drug-likeness (QED) is 0.866. The molecule has 5 nitrogen and oxygen atoms in total. The molecule has 0 saturated heterocycles. The zero-order chi connectivity index (χ0) is 16.0. The van der Waals surface area contributed by atoms with Crippen molar-refractivity contribution < 1.29 is 4.79 Å². The van der Waals surface area contributed by atoms with Crippen molar-refractivity contribution in [3.05, 3.63) is 50.5 Å². The minimum Gasteiger partial charge on any atom is -0.363 e. The molecule has 0 radical (unpaired) electrons. The maximum absolute atomic E-state index is 11.6. The van der Waals surface area contributed by atoms with Gasteiger partial charge in [0.05, 0.1) is 16.8 Å². The number of halogens is 2. The second-order valence-electron chi connectivity index (χ2n) is 5.47. The second kappa shape index (κ2) is 5.68. The van der Waals surface area contributed by atoms with E-state index in [0.717, 1.165) is 34.4 Å². The standard InChI is InChI=1S/C15H16BrClN4O/c1-20-7-6-10-12(19-15(14(18)22)21(10)2)13(20)8-4-3-5-9(16)11(8)17/h3-5,13H,6-7H2,1-2H3,(H2,18,22). The van der Waals surface area contributed by atoms with Crippen LogP contribution >= 0.6 is 27.5 Å². The lowest BCUT2D eigenvalue weighted by Gasteiger charge is -2.33. The summed E-state index contributed by atoms with van der Waals surface area (Å²) in [6, 6.07) is 5.75. The van der Waals surface area contributed by atoms with E-state index in [1.54, 1.807) is 4.57 Å². The summed E-state index contributed by atoms with van der Waals surface area (Å²) in [6.07, 6.45) is 0.824. The average Bonchev–Trinajstić information content (AvgIpc) is 2.80. The Labute approximate surface area is 142 Å². The molecule has 0 aliphatic carbocycles. The number of rotatable bonds is 2. The third-order valence-corrected chi connectivity index (χ3v) is 5.45. The maximum Gasteiger partial charge on any atom is 0.284 e. The van der Waals surface area contributed by atoms with Crippen LogP contribution in [-0.2, 0) is 13.5 Å². The molecule has 116 valence electrons. The molecule has 0 fully saturated rings. The zero-order valence-corrected chi connectivity index (χ0v) is 14.6. The average molecular weight is 384 g/mol. The first-order valence-corrected chi connectivity index (χ1v) is 8.08. The van der Waals surface area contributed by atoms with Crippen molar-refractivity contribution in [1.29, 1.82) is 0 Å². The molecule has 2 aromatic rings. The highest BCUT2D eigenvalue weighted by Gasteiger charge is 2.33. The van der Waals surface area contributed by atoms with E-state index in [9.17, 15) is 4.79 Å². The fourth-order valence-corrected chi connectivity index (χ4v) is 3.64. The molecule has 3 rings (SSSR count). The monoisotopic (exact) mass is 382 g/mol. The van der Waals surface area contributed by atoms with Crippen molar-refractivity contribution in [2.45, 2.75) is 12.5 Å². The molecule has 1 aromatic heterocycles. The van der Waals surface area contributed by atoms with E-state index in [1.165, 1.54) is 0 Å². The van der Waals surface area contributed by atoms with Gasteiger partial charge in [-0.1, -0.05) is 23.7 Å². The second-order valence-corrected chi connectivity index (χ2v) is 6.70. The first kappa shape index (κ1) is 15.5. The Morgan fingerprint density at radius 2 is 2.18 bits per heavy atom. The highest BCUT2D eigenvalue weighted by Crippen LogP contribution is 2.39. The van der Waals surface area contributed by atoms with Crippen molar-refractivity contribution in [2.24, 2.45) is 12.8 Å². The summed E-state index contributed by atoms with van der Waals surface area (Å²) in [7, 11) is 3.86. The van der Waals surface area contributed by atoms with Crippen molar-refractivity contribution >= 4 is 33.4 Å². The minimum absolute atomic E-state index is 0.0898. The highest BCUT2D eigenvalue weighted by molar-refractivity contribution is 9.10. The van der Waals surface area contributed by atoms with Crippen molar-refractivity contribution in [2.75, 3.05) is 13.6 Å². The molecule has 1 aliphatic rings. The number of imidazole rings is 1. The largest absolute Gasteiger partial charge is 0.363 e. The van der Waals surface area contributed by atoms with Gasteiger partial charge in [0.1, 0.15) is 0 Å². The van der Waals surface area contributed by atoms with Gasteiger partial charge in [-0.2, -0.15) is 0 Å². The molecule has 0 bridgehead atoms. The molecule has 1 unspecified atom stereocenters. The summed E-state index contributed by atoms with van der Waals surface area (Å²) >= 11 is 9.93. The fraction of sp³-hybridized carbons (Fsp3) is 0.333. The Morgan fingerprint density at radius 3 is 2.86 bits per heavy atom. The van der Waals surface area contributed by atoms with E-state index in [1.807, 2.05) is 32.3 Å². The van der Waals surface area contributed by atoms with Crippen LogP contribution in [0.4, 0.5) is 0 Å². The van der Waals surface area contributed by atoms with Gasteiger partial charge >= 0.3 is 0 Å². The van der Waals surface area contributed by atoms with Gasteiger partial charge in [0.2, 0.25) is 0 Å². The Balaban J connectivity index is 2.20. The molecule has 22 heavy (non-hydrogen) atoms. The number of likely N-dealkylation sites (N-methyl/N-ethyl adjacent to an activating group) is 1.